The quantitative estimate of drug-likeness (QED) is 0.843. The number of hydrogen-bond acceptors (Lipinski definition) is 5. The predicted molar refractivity (Wildman–Crippen MR) is 70.8 cm³/mol. The van der Waals surface area contributed by atoms with Crippen molar-refractivity contribution in [2.75, 3.05) is 11.6 Å². The van der Waals surface area contributed by atoms with Gasteiger partial charge in [-0.1, -0.05) is 48.2 Å². The zero-order valence-corrected chi connectivity index (χ0v) is 10.9. The van der Waals surface area contributed by atoms with Crippen molar-refractivity contribution in [3.8, 4) is 0 Å². The van der Waals surface area contributed by atoms with Gasteiger partial charge in [-0.25, -0.2) is 0 Å². The Morgan fingerprint density at radius 2 is 2.12 bits per heavy atom. The number of nitrogens with zero attached hydrogens (tertiary/aromatic N) is 2. The molecular weight excluding hydrogens is 238 g/mol. The predicted octanol–water partition coefficient (Wildman–Crippen LogP) is 3.57. The van der Waals surface area contributed by atoms with Crippen LogP contribution >= 0.6 is 23.1 Å². The van der Waals surface area contributed by atoms with Crippen LogP contribution < -0.4 is 5.32 Å². The van der Waals surface area contributed by atoms with Crippen molar-refractivity contribution >= 4 is 33.9 Å². The molecule has 0 atom stereocenters. The summed E-state index contributed by atoms with van der Waals surface area (Å²) >= 11 is 3.19. The van der Waals surface area contributed by atoms with Gasteiger partial charge in [-0.05, 0) is 24.3 Å². The molecule has 0 amide bonds. The highest BCUT2D eigenvalue weighted by Gasteiger charge is 2.05. The summed E-state index contributed by atoms with van der Waals surface area (Å²) in [4.78, 5) is 0. The molecule has 0 aliphatic carbocycles. The number of hydrogen-bond donors (Lipinski definition) is 1. The molecule has 16 heavy (non-hydrogen) atoms. The molecule has 1 aromatic heterocycles. The summed E-state index contributed by atoms with van der Waals surface area (Å²) in [5, 5.41) is 12.3. The van der Waals surface area contributed by atoms with E-state index >= 15 is 0 Å². The number of aryl methyl sites for hydroxylation is 1. The molecule has 0 bridgehead atoms. The molecule has 3 nitrogen and oxygen atoms in total. The van der Waals surface area contributed by atoms with Gasteiger partial charge in [0.25, 0.3) is 0 Å². The van der Waals surface area contributed by atoms with Crippen molar-refractivity contribution < 1.29 is 0 Å². The van der Waals surface area contributed by atoms with Gasteiger partial charge in [-0.3, -0.25) is 0 Å². The van der Waals surface area contributed by atoms with E-state index in [-0.39, 0.29) is 0 Å². The van der Waals surface area contributed by atoms with Crippen LogP contribution in [0, 0.1) is 0 Å². The van der Waals surface area contributed by atoms with Crippen LogP contribution in [0.4, 0.5) is 10.8 Å². The van der Waals surface area contributed by atoms with Crippen molar-refractivity contribution in [1.29, 1.82) is 0 Å². The Labute approximate surface area is 103 Å². The maximum atomic E-state index is 4.09. The highest BCUT2D eigenvalue weighted by Crippen LogP contribution is 2.27. The zero-order valence-electron chi connectivity index (χ0n) is 9.23. The van der Waals surface area contributed by atoms with Crippen LogP contribution in [0.1, 0.15) is 12.5 Å². The fourth-order valence-electron chi connectivity index (χ4n) is 1.41. The van der Waals surface area contributed by atoms with Crippen LogP contribution in [0.25, 0.3) is 0 Å². The zero-order chi connectivity index (χ0) is 11.4. The van der Waals surface area contributed by atoms with Crippen LogP contribution in [0.3, 0.4) is 0 Å². The van der Waals surface area contributed by atoms with Gasteiger partial charge in [0.1, 0.15) is 0 Å². The Kier molecular flexibility index (Phi) is 3.79. The molecule has 0 saturated heterocycles. The van der Waals surface area contributed by atoms with E-state index in [0.717, 1.165) is 21.6 Å². The maximum Gasteiger partial charge on any atom is 0.210 e. The Morgan fingerprint density at radius 3 is 2.81 bits per heavy atom. The minimum absolute atomic E-state index is 0.852. The molecule has 1 aromatic carbocycles. The smallest absolute Gasteiger partial charge is 0.210 e. The molecule has 1 N–H and O–H groups in total. The van der Waals surface area contributed by atoms with E-state index in [1.807, 2.05) is 12.3 Å². The molecule has 0 spiro atoms. The fourth-order valence-corrected chi connectivity index (χ4v) is 2.59. The van der Waals surface area contributed by atoms with Crippen LogP contribution in [0.15, 0.2) is 28.6 Å². The van der Waals surface area contributed by atoms with E-state index in [1.165, 1.54) is 5.56 Å². The van der Waals surface area contributed by atoms with Crippen LogP contribution in [-0.4, -0.2) is 16.5 Å². The lowest BCUT2D eigenvalue weighted by molar-refractivity contribution is 1.01. The third-order valence-corrected chi connectivity index (χ3v) is 4.04. The topological polar surface area (TPSA) is 37.8 Å². The average Bonchev–Trinajstić information content (AvgIpc) is 2.77. The molecule has 0 saturated carbocycles. The summed E-state index contributed by atoms with van der Waals surface area (Å²) < 4.78 is 0.983. The minimum atomic E-state index is 0.852. The first-order chi connectivity index (χ1) is 7.83. The molecule has 1 heterocycles. The van der Waals surface area contributed by atoms with Crippen molar-refractivity contribution in [3.63, 3.8) is 0 Å². The number of thioether (sulfide) groups is 1. The largest absolute Gasteiger partial charge is 0.330 e. The fraction of sp³-hybridized carbons (Fsp3) is 0.273. The minimum Gasteiger partial charge on any atom is -0.330 e. The number of rotatable bonds is 4. The van der Waals surface area contributed by atoms with Crippen molar-refractivity contribution in [2.24, 2.45) is 0 Å². The molecule has 84 valence electrons. The first-order valence-electron chi connectivity index (χ1n) is 5.06. The average molecular weight is 251 g/mol. The molecule has 2 aromatic rings. The third-order valence-electron chi connectivity index (χ3n) is 2.22. The van der Waals surface area contributed by atoms with Gasteiger partial charge in [-0.2, -0.15) is 0 Å². The van der Waals surface area contributed by atoms with E-state index in [0.29, 0.717) is 0 Å². The monoisotopic (exact) mass is 251 g/mol. The number of para-hydroxylation sites is 1. The second-order valence-corrected chi connectivity index (χ2v) is 5.24. The Balaban J connectivity index is 2.19. The molecular formula is C11H13N3S2. The Hall–Kier alpha value is -1.07. The van der Waals surface area contributed by atoms with Crippen molar-refractivity contribution in [2.45, 2.75) is 17.7 Å². The number of benzene rings is 1. The molecule has 5 heteroatoms. The summed E-state index contributed by atoms with van der Waals surface area (Å²) in [6.45, 7) is 2.15. The highest BCUT2D eigenvalue weighted by atomic mass is 32.2. The maximum absolute atomic E-state index is 4.09. The van der Waals surface area contributed by atoms with Gasteiger partial charge in [0.15, 0.2) is 4.34 Å². The number of nitrogens with one attached hydrogen (secondary N) is 1. The third kappa shape index (κ3) is 2.54. The second kappa shape index (κ2) is 5.32. The first-order valence-corrected chi connectivity index (χ1v) is 7.10. The molecule has 0 fully saturated rings. The van der Waals surface area contributed by atoms with E-state index in [1.54, 1.807) is 23.1 Å². The number of anilines is 2. The van der Waals surface area contributed by atoms with Crippen LogP contribution in [0.2, 0.25) is 0 Å². The van der Waals surface area contributed by atoms with Crippen LogP contribution in [-0.2, 0) is 6.42 Å². The van der Waals surface area contributed by atoms with Gasteiger partial charge in [-0.15, -0.1) is 10.2 Å². The SMILES string of the molecule is CCc1ccccc1Nc1nnc(SC)s1. The van der Waals surface area contributed by atoms with E-state index in [9.17, 15) is 0 Å². The van der Waals surface area contributed by atoms with E-state index in [4.69, 9.17) is 0 Å². The van der Waals surface area contributed by atoms with Crippen molar-refractivity contribution in [1.82, 2.24) is 10.2 Å². The van der Waals surface area contributed by atoms with Crippen molar-refractivity contribution in [3.05, 3.63) is 29.8 Å². The summed E-state index contributed by atoms with van der Waals surface area (Å²) in [5.74, 6) is 0. The lowest BCUT2D eigenvalue weighted by atomic mass is 10.1. The van der Waals surface area contributed by atoms with Gasteiger partial charge in [0, 0.05) is 5.69 Å². The Morgan fingerprint density at radius 1 is 1.31 bits per heavy atom. The molecule has 0 aliphatic heterocycles. The van der Waals surface area contributed by atoms with Gasteiger partial charge in [0.2, 0.25) is 5.13 Å². The van der Waals surface area contributed by atoms with E-state index < -0.39 is 0 Å². The summed E-state index contributed by atoms with van der Waals surface area (Å²) in [6, 6.07) is 8.27. The summed E-state index contributed by atoms with van der Waals surface area (Å²) in [5.41, 5.74) is 2.41. The van der Waals surface area contributed by atoms with Crippen LogP contribution in [0.5, 0.6) is 0 Å². The number of aromatic nitrogens is 2. The van der Waals surface area contributed by atoms with Gasteiger partial charge < -0.3 is 5.32 Å². The second-order valence-electron chi connectivity index (χ2n) is 3.21. The standard InChI is InChI=1S/C11H13N3S2/c1-3-8-6-4-5-7-9(8)12-10-13-14-11(15-2)16-10/h4-7H,3H2,1-2H3,(H,12,13). The molecule has 2 rings (SSSR count). The highest BCUT2D eigenvalue weighted by molar-refractivity contribution is 8.00. The summed E-state index contributed by atoms with van der Waals surface area (Å²) in [6.07, 6.45) is 3.02. The van der Waals surface area contributed by atoms with Gasteiger partial charge in [0.05, 0.1) is 0 Å². The molecule has 0 aliphatic rings. The Bertz CT molecular complexity index is 468. The lowest BCUT2D eigenvalue weighted by Crippen LogP contribution is -1.94. The molecule has 0 radical (unpaired) electrons. The first kappa shape index (κ1) is 11.4. The van der Waals surface area contributed by atoms with E-state index in [2.05, 4.69) is 40.6 Å². The van der Waals surface area contributed by atoms with Gasteiger partial charge >= 0.3 is 0 Å². The summed E-state index contributed by atoms with van der Waals surface area (Å²) in [7, 11) is 0. The molecule has 0 unspecified atom stereocenters. The normalized spacial score (nSPS) is 10.4. The lowest BCUT2D eigenvalue weighted by Gasteiger charge is -2.06.